The molecule has 1 fully saturated rings. The number of oxazole rings is 1. The minimum Gasteiger partial charge on any atom is -0.436 e. The predicted molar refractivity (Wildman–Crippen MR) is 51.1 cm³/mol. The third kappa shape index (κ3) is 2.21. The van der Waals surface area contributed by atoms with E-state index in [1.54, 1.807) is 0 Å². The van der Waals surface area contributed by atoms with E-state index in [4.69, 9.17) is 4.42 Å². The SMILES string of the molecule is Cc1nc(C2CCNCC2)oc1C(F)(F)F. The van der Waals surface area contributed by atoms with Gasteiger partial charge in [0.05, 0.1) is 5.69 Å². The number of nitrogens with one attached hydrogen (secondary N) is 1. The van der Waals surface area contributed by atoms with Crippen molar-refractivity contribution in [2.75, 3.05) is 13.1 Å². The fraction of sp³-hybridized carbons (Fsp3) is 0.700. The molecule has 1 aromatic heterocycles. The Labute approximate surface area is 91.0 Å². The quantitative estimate of drug-likeness (QED) is 0.811. The molecule has 0 spiro atoms. The summed E-state index contributed by atoms with van der Waals surface area (Å²) in [6.45, 7) is 2.93. The smallest absolute Gasteiger partial charge is 0.436 e. The molecule has 1 aliphatic rings. The van der Waals surface area contributed by atoms with E-state index in [0.717, 1.165) is 25.9 Å². The molecule has 2 rings (SSSR count). The molecule has 0 aromatic carbocycles. The topological polar surface area (TPSA) is 38.1 Å². The second-order valence-electron chi connectivity index (χ2n) is 3.99. The number of alkyl halides is 3. The minimum absolute atomic E-state index is 0.0102. The number of halogens is 3. The fourth-order valence-electron chi connectivity index (χ4n) is 1.92. The van der Waals surface area contributed by atoms with E-state index in [0.29, 0.717) is 0 Å². The highest BCUT2D eigenvalue weighted by Crippen LogP contribution is 2.35. The number of aromatic nitrogens is 1. The largest absolute Gasteiger partial charge is 0.451 e. The highest BCUT2D eigenvalue weighted by Gasteiger charge is 2.39. The number of nitrogens with zero attached hydrogens (tertiary/aromatic N) is 1. The Morgan fingerprint density at radius 3 is 2.44 bits per heavy atom. The molecule has 0 amide bonds. The molecule has 1 aromatic rings. The summed E-state index contributed by atoms with van der Waals surface area (Å²) in [6, 6.07) is 0. The minimum atomic E-state index is -4.44. The third-order valence-corrected chi connectivity index (χ3v) is 2.76. The Morgan fingerprint density at radius 1 is 1.31 bits per heavy atom. The lowest BCUT2D eigenvalue weighted by Gasteiger charge is -2.19. The molecule has 1 aliphatic heterocycles. The first-order valence-electron chi connectivity index (χ1n) is 5.23. The van der Waals surface area contributed by atoms with E-state index in [-0.39, 0.29) is 17.5 Å². The molecule has 2 heterocycles. The van der Waals surface area contributed by atoms with Crippen molar-refractivity contribution < 1.29 is 17.6 Å². The molecule has 0 radical (unpaired) electrons. The Bertz CT molecular complexity index is 367. The highest BCUT2D eigenvalue weighted by atomic mass is 19.4. The first-order chi connectivity index (χ1) is 7.48. The van der Waals surface area contributed by atoms with Crippen LogP contribution in [-0.4, -0.2) is 18.1 Å². The van der Waals surface area contributed by atoms with Crippen molar-refractivity contribution in [2.45, 2.75) is 31.9 Å². The summed E-state index contributed by atoms with van der Waals surface area (Å²) in [5, 5.41) is 3.14. The number of rotatable bonds is 1. The van der Waals surface area contributed by atoms with Crippen LogP contribution >= 0.6 is 0 Å². The Hall–Kier alpha value is -1.04. The van der Waals surface area contributed by atoms with Gasteiger partial charge < -0.3 is 9.73 Å². The molecule has 0 aliphatic carbocycles. The highest BCUT2D eigenvalue weighted by molar-refractivity contribution is 5.13. The summed E-state index contributed by atoms with van der Waals surface area (Å²) >= 11 is 0. The zero-order chi connectivity index (χ0) is 11.8. The van der Waals surface area contributed by atoms with Gasteiger partial charge in [-0.3, -0.25) is 0 Å². The lowest BCUT2D eigenvalue weighted by molar-refractivity contribution is -0.154. The van der Waals surface area contributed by atoms with Crippen molar-refractivity contribution in [1.82, 2.24) is 10.3 Å². The number of hydrogen-bond donors (Lipinski definition) is 1. The van der Waals surface area contributed by atoms with Crippen LogP contribution in [0.1, 0.15) is 36.1 Å². The van der Waals surface area contributed by atoms with Gasteiger partial charge in [0.2, 0.25) is 5.76 Å². The van der Waals surface area contributed by atoms with Crippen molar-refractivity contribution in [3.63, 3.8) is 0 Å². The summed E-state index contributed by atoms with van der Waals surface area (Å²) in [7, 11) is 0. The Balaban J connectivity index is 2.23. The first-order valence-corrected chi connectivity index (χ1v) is 5.23. The molecule has 1 N–H and O–H groups in total. The van der Waals surface area contributed by atoms with Crippen LogP contribution in [0.3, 0.4) is 0 Å². The summed E-state index contributed by atoms with van der Waals surface area (Å²) < 4.78 is 42.3. The summed E-state index contributed by atoms with van der Waals surface area (Å²) in [5.41, 5.74) is -0.0685. The van der Waals surface area contributed by atoms with E-state index >= 15 is 0 Å². The van der Waals surface area contributed by atoms with Crippen molar-refractivity contribution in [3.8, 4) is 0 Å². The third-order valence-electron chi connectivity index (χ3n) is 2.76. The summed E-state index contributed by atoms with van der Waals surface area (Å²) in [5.74, 6) is -0.719. The van der Waals surface area contributed by atoms with E-state index in [9.17, 15) is 13.2 Å². The van der Waals surface area contributed by atoms with E-state index < -0.39 is 11.9 Å². The second kappa shape index (κ2) is 4.08. The van der Waals surface area contributed by atoms with Crippen LogP contribution < -0.4 is 5.32 Å². The monoisotopic (exact) mass is 234 g/mol. The van der Waals surface area contributed by atoms with Crippen molar-refractivity contribution >= 4 is 0 Å². The second-order valence-corrected chi connectivity index (χ2v) is 3.99. The molecule has 1 saturated heterocycles. The van der Waals surface area contributed by atoms with Crippen LogP contribution in [0.4, 0.5) is 13.2 Å². The molecule has 3 nitrogen and oxygen atoms in total. The summed E-state index contributed by atoms with van der Waals surface area (Å²) in [4.78, 5) is 3.89. The molecular formula is C10H13F3N2O. The van der Waals surface area contributed by atoms with Gasteiger partial charge in [-0.1, -0.05) is 0 Å². The van der Waals surface area contributed by atoms with Crippen LogP contribution in [0.25, 0.3) is 0 Å². The maximum atomic E-state index is 12.5. The lowest BCUT2D eigenvalue weighted by Crippen LogP contribution is -2.26. The molecule has 90 valence electrons. The van der Waals surface area contributed by atoms with Crippen molar-refractivity contribution in [1.29, 1.82) is 0 Å². The van der Waals surface area contributed by atoms with Gasteiger partial charge in [0, 0.05) is 5.92 Å². The Kier molecular flexibility index (Phi) is 2.92. The van der Waals surface area contributed by atoms with Gasteiger partial charge in [-0.2, -0.15) is 13.2 Å². The predicted octanol–water partition coefficient (Wildman–Crippen LogP) is 2.47. The maximum absolute atomic E-state index is 12.5. The van der Waals surface area contributed by atoms with Crippen molar-refractivity contribution in [2.24, 2.45) is 0 Å². The Morgan fingerprint density at radius 2 is 1.94 bits per heavy atom. The molecule has 0 bridgehead atoms. The molecule has 0 saturated carbocycles. The van der Waals surface area contributed by atoms with Crippen LogP contribution in [0.2, 0.25) is 0 Å². The standard InChI is InChI=1S/C10H13F3N2O/c1-6-8(10(11,12)13)16-9(15-6)7-2-4-14-5-3-7/h7,14H,2-5H2,1H3. The fourth-order valence-corrected chi connectivity index (χ4v) is 1.92. The maximum Gasteiger partial charge on any atom is 0.451 e. The average Bonchev–Trinajstić information content (AvgIpc) is 2.61. The molecule has 0 unspecified atom stereocenters. The van der Waals surface area contributed by atoms with Gasteiger partial charge in [-0.05, 0) is 32.9 Å². The van der Waals surface area contributed by atoms with Gasteiger partial charge in [0.1, 0.15) is 0 Å². The van der Waals surface area contributed by atoms with Crippen molar-refractivity contribution in [3.05, 3.63) is 17.3 Å². The number of piperidine rings is 1. The lowest BCUT2D eigenvalue weighted by atomic mass is 9.98. The molecular weight excluding hydrogens is 221 g/mol. The molecule has 0 atom stereocenters. The van der Waals surface area contributed by atoms with Gasteiger partial charge in [-0.25, -0.2) is 4.98 Å². The van der Waals surface area contributed by atoms with Gasteiger partial charge in [0.25, 0.3) is 0 Å². The zero-order valence-electron chi connectivity index (χ0n) is 8.90. The van der Waals surface area contributed by atoms with Crippen LogP contribution in [0.15, 0.2) is 4.42 Å². The number of hydrogen-bond acceptors (Lipinski definition) is 3. The average molecular weight is 234 g/mol. The van der Waals surface area contributed by atoms with Gasteiger partial charge in [0.15, 0.2) is 5.89 Å². The molecule has 6 heteroatoms. The first kappa shape index (κ1) is 11.4. The molecule has 16 heavy (non-hydrogen) atoms. The number of aryl methyl sites for hydroxylation is 1. The van der Waals surface area contributed by atoms with Crippen LogP contribution in [-0.2, 0) is 6.18 Å². The van der Waals surface area contributed by atoms with E-state index in [2.05, 4.69) is 10.3 Å². The normalized spacial score (nSPS) is 19.0. The van der Waals surface area contributed by atoms with E-state index in [1.165, 1.54) is 6.92 Å². The van der Waals surface area contributed by atoms with E-state index in [1.807, 2.05) is 0 Å². The van der Waals surface area contributed by atoms with Crippen LogP contribution in [0, 0.1) is 6.92 Å². The van der Waals surface area contributed by atoms with Gasteiger partial charge in [-0.15, -0.1) is 0 Å². The summed E-state index contributed by atoms with van der Waals surface area (Å²) in [6.07, 6.45) is -2.89. The zero-order valence-corrected chi connectivity index (χ0v) is 8.90. The van der Waals surface area contributed by atoms with Crippen LogP contribution in [0.5, 0.6) is 0 Å². The van der Waals surface area contributed by atoms with Gasteiger partial charge >= 0.3 is 6.18 Å².